The topological polar surface area (TPSA) is 59.9 Å². The van der Waals surface area contributed by atoms with Gasteiger partial charge in [-0.3, -0.25) is 4.79 Å². The number of carbonyl (C=O) groups is 1. The maximum absolute atomic E-state index is 14.0. The number of benzene rings is 4. The van der Waals surface area contributed by atoms with Crippen molar-refractivity contribution in [1.29, 1.82) is 0 Å². The Kier molecular flexibility index (Phi) is 6.95. The molecule has 0 aromatic heterocycles. The predicted octanol–water partition coefficient (Wildman–Crippen LogP) is 5.86. The number of oxime groups is 1. The van der Waals surface area contributed by atoms with Crippen LogP contribution < -0.4 is 10.1 Å². The number of aryl methyl sites for hydroxylation is 1. The van der Waals surface area contributed by atoms with E-state index in [0.717, 1.165) is 16.3 Å². The van der Waals surface area contributed by atoms with Crippen LogP contribution in [0.5, 0.6) is 5.75 Å². The van der Waals surface area contributed by atoms with Crippen molar-refractivity contribution in [3.05, 3.63) is 107 Å². The Morgan fingerprint density at radius 3 is 2.55 bits per heavy atom. The lowest BCUT2D eigenvalue weighted by Gasteiger charge is -2.12. The molecule has 0 spiro atoms. The average Bonchev–Trinajstić information content (AvgIpc) is 2.83. The number of halogens is 1. The molecule has 0 saturated heterocycles. The predicted molar refractivity (Wildman–Crippen MR) is 128 cm³/mol. The smallest absolute Gasteiger partial charge is 0.265 e. The van der Waals surface area contributed by atoms with Gasteiger partial charge in [0.15, 0.2) is 6.61 Å². The summed E-state index contributed by atoms with van der Waals surface area (Å²) >= 11 is 0. The number of hydrogen-bond acceptors (Lipinski definition) is 4. The van der Waals surface area contributed by atoms with Crippen molar-refractivity contribution in [3.63, 3.8) is 0 Å². The summed E-state index contributed by atoms with van der Waals surface area (Å²) in [5.74, 6) is -0.102. The van der Waals surface area contributed by atoms with Gasteiger partial charge in [-0.15, -0.1) is 0 Å². The zero-order valence-electron chi connectivity index (χ0n) is 18.1. The van der Waals surface area contributed by atoms with E-state index >= 15 is 0 Å². The maximum Gasteiger partial charge on any atom is 0.265 e. The first-order chi connectivity index (χ1) is 16.1. The van der Waals surface area contributed by atoms with E-state index in [1.807, 2.05) is 67.6 Å². The lowest BCUT2D eigenvalue weighted by atomic mass is 10.0. The molecule has 0 atom stereocenters. The summed E-state index contributed by atoms with van der Waals surface area (Å²) in [6.07, 6.45) is 1.51. The van der Waals surface area contributed by atoms with Gasteiger partial charge in [-0.1, -0.05) is 71.4 Å². The molecule has 0 aliphatic rings. The molecule has 0 aliphatic heterocycles. The molecule has 33 heavy (non-hydrogen) atoms. The van der Waals surface area contributed by atoms with Gasteiger partial charge in [-0.05, 0) is 42.0 Å². The van der Waals surface area contributed by atoms with Crippen molar-refractivity contribution in [2.75, 3.05) is 11.9 Å². The van der Waals surface area contributed by atoms with Crippen molar-refractivity contribution in [2.24, 2.45) is 5.16 Å². The minimum absolute atomic E-state index is 0.0751. The molecule has 5 nitrogen and oxygen atoms in total. The molecule has 0 bridgehead atoms. The van der Waals surface area contributed by atoms with Crippen LogP contribution in [0.3, 0.4) is 0 Å². The second-order valence-corrected chi connectivity index (χ2v) is 7.50. The standard InChI is InChI=1S/C27H23FN2O3/c1-19-10-13-22(14-11-19)30-27(31)18-33-29-16-24-23-8-4-2-6-20(23)12-15-26(24)32-17-21-7-3-5-9-25(21)28/h2-16H,17-18H2,1H3,(H,30,31)/b29-16+. The Hall–Kier alpha value is -4.19. The second-order valence-electron chi connectivity index (χ2n) is 7.50. The molecule has 0 unspecified atom stereocenters. The van der Waals surface area contributed by atoms with E-state index in [-0.39, 0.29) is 24.9 Å². The van der Waals surface area contributed by atoms with Gasteiger partial charge >= 0.3 is 0 Å². The van der Waals surface area contributed by atoms with E-state index in [9.17, 15) is 9.18 Å². The molecule has 4 aromatic carbocycles. The number of amides is 1. The van der Waals surface area contributed by atoms with Crippen molar-refractivity contribution < 1.29 is 18.8 Å². The molecular weight excluding hydrogens is 419 g/mol. The fourth-order valence-corrected chi connectivity index (χ4v) is 3.33. The third kappa shape index (κ3) is 5.74. The largest absolute Gasteiger partial charge is 0.488 e. The van der Waals surface area contributed by atoms with E-state index in [2.05, 4.69) is 10.5 Å². The molecule has 166 valence electrons. The van der Waals surface area contributed by atoms with Crippen LogP contribution in [0.1, 0.15) is 16.7 Å². The van der Waals surface area contributed by atoms with Gasteiger partial charge in [0.2, 0.25) is 0 Å². The first-order valence-electron chi connectivity index (χ1n) is 10.5. The van der Waals surface area contributed by atoms with Crippen LogP contribution in [0.4, 0.5) is 10.1 Å². The average molecular weight is 442 g/mol. The van der Waals surface area contributed by atoms with Crippen molar-refractivity contribution in [3.8, 4) is 5.75 Å². The molecule has 0 fully saturated rings. The van der Waals surface area contributed by atoms with Crippen LogP contribution >= 0.6 is 0 Å². The molecule has 6 heteroatoms. The molecule has 1 amide bonds. The van der Waals surface area contributed by atoms with E-state index in [4.69, 9.17) is 9.57 Å². The monoisotopic (exact) mass is 442 g/mol. The van der Waals surface area contributed by atoms with Crippen LogP contribution in [0.25, 0.3) is 10.8 Å². The van der Waals surface area contributed by atoms with Gasteiger partial charge < -0.3 is 14.9 Å². The van der Waals surface area contributed by atoms with E-state index in [0.29, 0.717) is 22.6 Å². The highest BCUT2D eigenvalue weighted by molar-refractivity contribution is 6.02. The summed E-state index contributed by atoms with van der Waals surface area (Å²) in [5, 5.41) is 8.63. The van der Waals surface area contributed by atoms with Crippen molar-refractivity contribution in [1.82, 2.24) is 0 Å². The molecule has 1 N–H and O–H groups in total. The van der Waals surface area contributed by atoms with E-state index in [1.54, 1.807) is 18.2 Å². The summed E-state index contributed by atoms with van der Waals surface area (Å²) in [6, 6.07) is 25.5. The minimum Gasteiger partial charge on any atom is -0.488 e. The van der Waals surface area contributed by atoms with E-state index < -0.39 is 0 Å². The number of carbonyl (C=O) groups excluding carboxylic acids is 1. The van der Waals surface area contributed by atoms with Crippen LogP contribution in [0.2, 0.25) is 0 Å². The third-order valence-electron chi connectivity index (χ3n) is 5.06. The molecule has 0 radical (unpaired) electrons. The lowest BCUT2D eigenvalue weighted by molar-refractivity contribution is -0.120. The SMILES string of the molecule is Cc1ccc(NC(=O)CO/N=C/c2c(OCc3ccccc3F)ccc3ccccc23)cc1. The van der Waals surface area contributed by atoms with Crippen LogP contribution in [0.15, 0.2) is 90.1 Å². The summed E-state index contributed by atoms with van der Waals surface area (Å²) < 4.78 is 19.9. The Bertz CT molecular complexity index is 1290. The Balaban J connectivity index is 1.46. The summed E-state index contributed by atoms with van der Waals surface area (Å²) in [6.45, 7) is 1.82. The van der Waals surface area contributed by atoms with E-state index in [1.165, 1.54) is 12.3 Å². The number of fused-ring (bicyclic) bond motifs is 1. The Morgan fingerprint density at radius 1 is 0.970 bits per heavy atom. The first-order valence-corrected chi connectivity index (χ1v) is 10.5. The quantitative estimate of drug-likeness (QED) is 0.275. The highest BCUT2D eigenvalue weighted by atomic mass is 19.1. The minimum atomic E-state index is -0.323. The third-order valence-corrected chi connectivity index (χ3v) is 5.06. The van der Waals surface area contributed by atoms with Gasteiger partial charge in [0.25, 0.3) is 5.91 Å². The van der Waals surface area contributed by atoms with Gasteiger partial charge in [-0.25, -0.2) is 4.39 Å². The zero-order chi connectivity index (χ0) is 23.0. The number of hydrogen-bond donors (Lipinski definition) is 1. The van der Waals surface area contributed by atoms with Crippen molar-refractivity contribution in [2.45, 2.75) is 13.5 Å². The maximum atomic E-state index is 14.0. The fourth-order valence-electron chi connectivity index (χ4n) is 3.33. The molecule has 0 saturated carbocycles. The van der Waals surface area contributed by atoms with Crippen molar-refractivity contribution >= 4 is 28.6 Å². The molecule has 0 aliphatic carbocycles. The van der Waals surface area contributed by atoms with Gasteiger partial charge in [0, 0.05) is 16.8 Å². The fraction of sp³-hybridized carbons (Fsp3) is 0.111. The number of ether oxygens (including phenoxy) is 1. The van der Waals surface area contributed by atoms with Crippen LogP contribution in [0, 0.1) is 12.7 Å². The highest BCUT2D eigenvalue weighted by Crippen LogP contribution is 2.27. The molecule has 4 rings (SSSR count). The zero-order valence-corrected chi connectivity index (χ0v) is 18.1. The second kappa shape index (κ2) is 10.4. The van der Waals surface area contributed by atoms with Crippen LogP contribution in [-0.4, -0.2) is 18.7 Å². The summed E-state index contributed by atoms with van der Waals surface area (Å²) in [7, 11) is 0. The van der Waals surface area contributed by atoms with Crippen LogP contribution in [-0.2, 0) is 16.2 Å². The van der Waals surface area contributed by atoms with Gasteiger partial charge in [0.05, 0.1) is 6.21 Å². The Morgan fingerprint density at radius 2 is 1.73 bits per heavy atom. The first kappa shape index (κ1) is 22.0. The number of anilines is 1. The molecular formula is C27H23FN2O3. The number of rotatable bonds is 8. The molecule has 0 heterocycles. The Labute approximate surface area is 191 Å². The number of nitrogens with one attached hydrogen (secondary N) is 1. The summed E-state index contributed by atoms with van der Waals surface area (Å²) in [5.41, 5.74) is 2.94. The summed E-state index contributed by atoms with van der Waals surface area (Å²) in [4.78, 5) is 17.3. The molecule has 4 aromatic rings. The highest BCUT2D eigenvalue weighted by Gasteiger charge is 2.10. The van der Waals surface area contributed by atoms with Gasteiger partial charge in [0.1, 0.15) is 18.2 Å². The lowest BCUT2D eigenvalue weighted by Crippen LogP contribution is -2.16. The van der Waals surface area contributed by atoms with Gasteiger partial charge in [-0.2, -0.15) is 0 Å². The number of nitrogens with zero attached hydrogens (tertiary/aromatic N) is 1. The normalized spacial score (nSPS) is 11.0.